The Bertz CT molecular complexity index is 1390. The maximum absolute atomic E-state index is 14.4. The van der Waals surface area contributed by atoms with Crippen LogP contribution in [0.3, 0.4) is 0 Å². The van der Waals surface area contributed by atoms with Crippen molar-refractivity contribution < 1.29 is 43.2 Å². The molecule has 1 saturated heterocycles. The summed E-state index contributed by atoms with van der Waals surface area (Å²) in [7, 11) is 0. The number of benzene rings is 1. The van der Waals surface area contributed by atoms with Crippen LogP contribution in [0.25, 0.3) is 0 Å². The lowest BCUT2D eigenvalue weighted by Crippen LogP contribution is -2.43. The van der Waals surface area contributed by atoms with Crippen LogP contribution in [0.1, 0.15) is 72.2 Å². The van der Waals surface area contributed by atoms with Gasteiger partial charge in [0.1, 0.15) is 24.4 Å². The summed E-state index contributed by atoms with van der Waals surface area (Å²) in [5.41, 5.74) is -2.01. The number of aliphatic hydroxyl groups is 1. The fraction of sp³-hybridized carbons (Fsp3) is 0.588. The van der Waals surface area contributed by atoms with Crippen molar-refractivity contribution in [2.45, 2.75) is 97.4 Å². The van der Waals surface area contributed by atoms with Gasteiger partial charge in [-0.25, -0.2) is 9.59 Å². The van der Waals surface area contributed by atoms with Crippen LogP contribution in [0, 0.1) is 29.1 Å². The first-order chi connectivity index (χ1) is 20.1. The molecule has 3 fully saturated rings. The molecule has 0 aromatic heterocycles. The molecule has 1 aromatic carbocycles. The first-order valence-electron chi connectivity index (χ1n) is 15.0. The number of esters is 3. The van der Waals surface area contributed by atoms with Crippen molar-refractivity contribution in [1.29, 1.82) is 0 Å². The summed E-state index contributed by atoms with van der Waals surface area (Å²) in [5.74, 6) is -3.74. The lowest BCUT2D eigenvalue weighted by Gasteiger charge is -2.28. The second-order valence-corrected chi connectivity index (χ2v) is 13.4. The van der Waals surface area contributed by atoms with E-state index in [0.717, 1.165) is 0 Å². The minimum atomic E-state index is -1.33. The summed E-state index contributed by atoms with van der Waals surface area (Å²) in [5, 5.41) is 11.9. The van der Waals surface area contributed by atoms with E-state index in [2.05, 4.69) is 0 Å². The summed E-state index contributed by atoms with van der Waals surface area (Å²) < 4.78 is 24.3. The fourth-order valence-corrected chi connectivity index (χ4v) is 7.79. The molecule has 1 aromatic rings. The molecule has 1 heterocycles. The third-order valence-corrected chi connectivity index (χ3v) is 10.3. The van der Waals surface area contributed by atoms with Crippen molar-refractivity contribution in [3.8, 4) is 0 Å². The Morgan fingerprint density at radius 3 is 2.23 bits per heavy atom. The van der Waals surface area contributed by atoms with Crippen molar-refractivity contribution in [3.05, 3.63) is 59.2 Å². The molecular weight excluding hydrogens is 552 g/mol. The third-order valence-electron chi connectivity index (χ3n) is 10.3. The number of carbonyl (C=O) groups is 4. The van der Waals surface area contributed by atoms with Crippen LogP contribution in [0.2, 0.25) is 0 Å². The van der Waals surface area contributed by atoms with Gasteiger partial charge >= 0.3 is 17.9 Å². The quantitative estimate of drug-likeness (QED) is 0.174. The Morgan fingerprint density at radius 1 is 1.00 bits per heavy atom. The van der Waals surface area contributed by atoms with E-state index in [9.17, 15) is 24.3 Å². The molecule has 4 aliphatic rings. The smallest absolute Gasteiger partial charge is 0.338 e. The summed E-state index contributed by atoms with van der Waals surface area (Å²) in [4.78, 5) is 53.1. The first kappa shape index (κ1) is 31.1. The van der Waals surface area contributed by atoms with E-state index in [1.165, 1.54) is 6.92 Å². The zero-order chi connectivity index (χ0) is 31.6. The standard InChI is InChI=1S/C34H42O9/c1-9-17(2)30(38)42-29-19(4)16-33-28(37)20(5)26(40-21(6)35)23-24(32(23,7)8)27(25(36)18(3)15-34(29,33)43-33)41-31(39)22-13-11-10-12-14-22/h9-15,19-20,23-27,29,36H,16H2,1-8H3. The Balaban J connectivity index is 1.62. The van der Waals surface area contributed by atoms with E-state index >= 15 is 0 Å². The van der Waals surface area contributed by atoms with Crippen molar-refractivity contribution in [1.82, 2.24) is 0 Å². The maximum Gasteiger partial charge on any atom is 0.338 e. The Kier molecular flexibility index (Phi) is 7.75. The molecule has 9 nitrogen and oxygen atoms in total. The highest BCUT2D eigenvalue weighted by atomic mass is 16.7. The Labute approximate surface area is 252 Å². The summed E-state index contributed by atoms with van der Waals surface area (Å²) in [6, 6.07) is 8.52. The second-order valence-electron chi connectivity index (χ2n) is 13.4. The predicted molar refractivity (Wildman–Crippen MR) is 156 cm³/mol. The SMILES string of the molecule is CC=C(C)C(=O)OC1C(C)CC23OC12C=C(C)C(O)C(OC(=O)c1ccccc1)C1C(C(OC(C)=O)C(C)C3=O)C1(C)C. The zero-order valence-electron chi connectivity index (χ0n) is 26.1. The van der Waals surface area contributed by atoms with Crippen LogP contribution < -0.4 is 0 Å². The number of epoxide rings is 1. The van der Waals surface area contributed by atoms with E-state index in [1.807, 2.05) is 20.8 Å². The molecule has 0 radical (unpaired) electrons. The van der Waals surface area contributed by atoms with Crippen LogP contribution in [-0.4, -0.2) is 64.4 Å². The van der Waals surface area contributed by atoms with E-state index in [-0.39, 0.29) is 17.6 Å². The van der Waals surface area contributed by atoms with Gasteiger partial charge in [0.15, 0.2) is 17.0 Å². The van der Waals surface area contributed by atoms with Gasteiger partial charge in [-0.3, -0.25) is 9.59 Å². The highest BCUT2D eigenvalue weighted by molar-refractivity contribution is 5.96. The van der Waals surface area contributed by atoms with Crippen LogP contribution >= 0.6 is 0 Å². The topological polar surface area (TPSA) is 129 Å². The number of hydrogen-bond acceptors (Lipinski definition) is 9. The van der Waals surface area contributed by atoms with E-state index < -0.39 is 70.8 Å². The molecule has 1 N–H and O–H groups in total. The predicted octanol–water partition coefficient (Wildman–Crippen LogP) is 4.37. The lowest BCUT2D eigenvalue weighted by atomic mass is 9.80. The minimum Gasteiger partial charge on any atom is -0.461 e. The summed E-state index contributed by atoms with van der Waals surface area (Å²) >= 11 is 0. The second kappa shape index (κ2) is 10.7. The number of fused-ring (bicyclic) bond motifs is 1. The van der Waals surface area contributed by atoms with E-state index in [0.29, 0.717) is 23.1 Å². The molecule has 43 heavy (non-hydrogen) atoms. The number of rotatable bonds is 5. The van der Waals surface area contributed by atoms with Crippen LogP contribution in [-0.2, 0) is 33.3 Å². The average molecular weight is 595 g/mol. The largest absolute Gasteiger partial charge is 0.461 e. The van der Waals surface area contributed by atoms with Crippen molar-refractivity contribution in [3.63, 3.8) is 0 Å². The number of ketones is 1. The number of Topliss-reactive ketones (excluding diaryl/α,β-unsaturated/α-hetero) is 1. The van der Waals surface area contributed by atoms with Gasteiger partial charge in [0.2, 0.25) is 0 Å². The van der Waals surface area contributed by atoms with Gasteiger partial charge in [0.25, 0.3) is 0 Å². The monoisotopic (exact) mass is 594 g/mol. The van der Waals surface area contributed by atoms with Crippen LogP contribution in [0.5, 0.6) is 0 Å². The lowest BCUT2D eigenvalue weighted by molar-refractivity contribution is -0.154. The van der Waals surface area contributed by atoms with Crippen LogP contribution in [0.15, 0.2) is 53.6 Å². The molecule has 0 amide bonds. The van der Waals surface area contributed by atoms with Gasteiger partial charge < -0.3 is 24.1 Å². The molecule has 0 bridgehead atoms. The molecule has 9 heteroatoms. The van der Waals surface area contributed by atoms with Crippen molar-refractivity contribution in [2.75, 3.05) is 0 Å². The minimum absolute atomic E-state index is 0.244. The number of allylic oxidation sites excluding steroid dienone is 1. The van der Waals surface area contributed by atoms with Gasteiger partial charge in [-0.1, -0.05) is 52.0 Å². The third kappa shape index (κ3) is 4.85. The van der Waals surface area contributed by atoms with Crippen molar-refractivity contribution >= 4 is 23.7 Å². The van der Waals surface area contributed by atoms with Crippen molar-refractivity contribution in [2.24, 2.45) is 29.1 Å². The Hall–Kier alpha value is -3.30. The van der Waals surface area contributed by atoms with Gasteiger partial charge in [-0.15, -0.1) is 0 Å². The van der Waals surface area contributed by atoms with Crippen LogP contribution in [0.4, 0.5) is 0 Å². The summed E-state index contributed by atoms with van der Waals surface area (Å²) in [6.07, 6.45) is -0.320. The average Bonchev–Trinajstić information content (AvgIpc) is 3.76. The van der Waals surface area contributed by atoms with Gasteiger partial charge in [0, 0.05) is 24.3 Å². The first-order valence-corrected chi connectivity index (χ1v) is 15.0. The zero-order valence-corrected chi connectivity index (χ0v) is 26.1. The molecule has 5 rings (SSSR count). The molecule has 0 spiro atoms. The fourth-order valence-electron chi connectivity index (χ4n) is 7.79. The normalized spacial score (nSPS) is 39.6. The van der Waals surface area contributed by atoms with E-state index in [4.69, 9.17) is 18.9 Å². The van der Waals surface area contributed by atoms with E-state index in [1.54, 1.807) is 70.2 Å². The summed E-state index contributed by atoms with van der Waals surface area (Å²) in [6.45, 7) is 13.9. The molecule has 10 unspecified atom stereocenters. The van der Waals surface area contributed by atoms with Gasteiger partial charge in [-0.05, 0) is 62.3 Å². The molecule has 232 valence electrons. The number of hydrogen-bond donors (Lipinski definition) is 1. The molecule has 3 aliphatic carbocycles. The highest BCUT2D eigenvalue weighted by Gasteiger charge is 2.84. The maximum atomic E-state index is 14.4. The molecule has 2 saturated carbocycles. The highest BCUT2D eigenvalue weighted by Crippen LogP contribution is 2.68. The molecule has 10 atom stereocenters. The van der Waals surface area contributed by atoms with Gasteiger partial charge in [-0.2, -0.15) is 0 Å². The molecule has 1 aliphatic heterocycles. The number of aliphatic hydroxyl groups excluding tert-OH is 1. The molecular formula is C34H42O9. The Morgan fingerprint density at radius 2 is 1.63 bits per heavy atom. The number of carbonyl (C=O) groups excluding carboxylic acids is 4. The number of ether oxygens (including phenoxy) is 4. The van der Waals surface area contributed by atoms with Gasteiger partial charge in [0.05, 0.1) is 11.5 Å².